The van der Waals surface area contributed by atoms with Crippen LogP contribution in [0.1, 0.15) is 36.4 Å². The predicted octanol–water partition coefficient (Wildman–Crippen LogP) is 12.1. The van der Waals surface area contributed by atoms with E-state index in [4.69, 9.17) is 14.9 Å². The van der Waals surface area contributed by atoms with Gasteiger partial charge in [0.15, 0.2) is 0 Å². The summed E-state index contributed by atoms with van der Waals surface area (Å²) in [5.41, 5.74) is 8.40. The van der Waals surface area contributed by atoms with Gasteiger partial charge in [-0.25, -0.2) is 0 Å². The predicted molar refractivity (Wildman–Crippen MR) is 220 cm³/mol. The fourth-order valence-electron chi connectivity index (χ4n) is 6.87. The van der Waals surface area contributed by atoms with Gasteiger partial charge in [-0.1, -0.05) is 77.7 Å². The first-order valence-corrected chi connectivity index (χ1v) is 24.8. The van der Waals surface area contributed by atoms with E-state index in [2.05, 4.69) is 99.6 Å². The first-order valence-electron chi connectivity index (χ1n) is 19.5. The van der Waals surface area contributed by atoms with Crippen molar-refractivity contribution in [3.63, 3.8) is 0 Å². The average molecular weight is 933 g/mol. The van der Waals surface area contributed by atoms with Crippen molar-refractivity contribution in [2.75, 3.05) is 0 Å². The van der Waals surface area contributed by atoms with Crippen molar-refractivity contribution in [3.8, 4) is 28.3 Å². The second-order valence-electron chi connectivity index (χ2n) is 14.3. The number of furan rings is 1. The fourth-order valence-corrected chi connectivity index (χ4v) is 10.2. The third-order valence-electron chi connectivity index (χ3n) is 9.46. The van der Waals surface area contributed by atoms with Crippen molar-refractivity contribution in [1.82, 2.24) is 14.5 Å². The van der Waals surface area contributed by atoms with E-state index in [0.29, 0.717) is 0 Å². The second-order valence-corrected chi connectivity index (χ2v) is 24.9. The molecule has 9 aromatic rings. The molecule has 0 aliphatic rings. The smallest absolute Gasteiger partial charge is 0.128 e. The number of nitrogens with zero attached hydrogens (tertiary/aromatic N) is 3. The molecule has 0 aliphatic heterocycles. The molecule has 0 saturated heterocycles. The van der Waals surface area contributed by atoms with Crippen LogP contribution in [-0.2, 0) is 20.1 Å². The number of fused-ring (bicyclic) bond motifs is 6. The van der Waals surface area contributed by atoms with E-state index in [1.54, 1.807) is 12.1 Å². The molecule has 0 aliphatic carbocycles. The van der Waals surface area contributed by atoms with Crippen LogP contribution < -0.4 is 4.40 Å². The van der Waals surface area contributed by atoms with Crippen LogP contribution in [0.25, 0.3) is 72.1 Å². The Bertz CT molecular complexity index is 2870. The van der Waals surface area contributed by atoms with E-state index in [-0.39, 0.29) is 25.7 Å². The van der Waals surface area contributed by atoms with Crippen LogP contribution in [0.4, 0.5) is 0 Å². The number of rotatable bonds is 5. The minimum Gasteiger partial charge on any atom is -0.500 e. The summed E-state index contributed by atoms with van der Waals surface area (Å²) in [4.78, 5) is 9.59. The molecule has 0 unspecified atom stereocenters. The Balaban J connectivity index is 0.000000179. The zero-order valence-corrected chi connectivity index (χ0v) is 34.8. The van der Waals surface area contributed by atoms with Crippen molar-refractivity contribution in [2.45, 2.75) is 43.9 Å². The molecule has 3 aromatic heterocycles. The molecule has 9 rings (SSSR count). The summed E-state index contributed by atoms with van der Waals surface area (Å²) in [6, 6.07) is 48.5. The van der Waals surface area contributed by atoms with Crippen LogP contribution in [0, 0.1) is 19.0 Å². The first kappa shape index (κ1) is 31.7. The minimum atomic E-state index is -2.14. The molecule has 0 atom stereocenters. The van der Waals surface area contributed by atoms with Gasteiger partial charge in [0.2, 0.25) is 0 Å². The van der Waals surface area contributed by atoms with E-state index in [1.165, 1.54) is 15.8 Å². The number of hydrogen-bond acceptors (Lipinski definition) is 3. The van der Waals surface area contributed by atoms with E-state index >= 15 is 0 Å². The standard InChI is InChI=1S/C29H17N2O.C18H24GeN.Ir/c1-2-10-20(11-3-1)31-26-16-7-6-15-25(26)30-29(31)24-14-8-13-22-23-18-17-19-9-4-5-12-21(19)27(23)32-28(22)24;1-13(2)16-11-18(15-9-7-14(3)8-10-15)20-12-17(16)19(4,5)6;/h1-13,15-18H;7-9,11-13H,1-6H3;/q2*-1;/i;3D3,13D;. The van der Waals surface area contributed by atoms with E-state index in [1.807, 2.05) is 68.6 Å². The Hall–Kier alpha value is -4.81. The van der Waals surface area contributed by atoms with Crippen molar-refractivity contribution in [3.05, 3.63) is 157 Å². The minimum absolute atomic E-state index is 0. The SMILES string of the molecule is [2H]C([2H])([2H])c1c[c-]c(-c2cc(C([2H])(C)C)[c]([Ge]([CH3])([CH3])[CH3])cn2)cc1.[Ir].[c-]1ccc2c(oc3c4ccccc4ccc23)c1-c1nc2ccccc2n1-c1ccccc1. The Labute approximate surface area is 333 Å². The number of aryl methyl sites for hydroxylation is 1. The van der Waals surface area contributed by atoms with Gasteiger partial charge in [0, 0.05) is 36.6 Å². The summed E-state index contributed by atoms with van der Waals surface area (Å²) < 4.78 is 40.8. The summed E-state index contributed by atoms with van der Waals surface area (Å²) in [5, 5.41) is 4.47. The van der Waals surface area contributed by atoms with Crippen LogP contribution in [0.2, 0.25) is 17.3 Å². The van der Waals surface area contributed by atoms with Gasteiger partial charge in [-0.3, -0.25) is 4.98 Å². The zero-order chi connectivity index (χ0) is 39.4. The number of benzene rings is 6. The maximum absolute atomic E-state index is 8.49. The third kappa shape index (κ3) is 7.02. The van der Waals surface area contributed by atoms with Crippen molar-refractivity contribution >= 4 is 61.4 Å². The molecular formula is C47H41GeIrN3O-2. The molecular weight excluding hydrogens is 887 g/mol. The number of para-hydroxylation sites is 3. The summed E-state index contributed by atoms with van der Waals surface area (Å²) in [5.74, 6) is 7.01. The Morgan fingerprint density at radius 2 is 1.55 bits per heavy atom. The summed E-state index contributed by atoms with van der Waals surface area (Å²) in [7, 11) is 0. The average Bonchev–Trinajstić information content (AvgIpc) is 3.77. The topological polar surface area (TPSA) is 43.9 Å². The summed E-state index contributed by atoms with van der Waals surface area (Å²) in [6.45, 7) is 1.66. The quantitative estimate of drug-likeness (QED) is 0.128. The van der Waals surface area contributed by atoms with Crippen molar-refractivity contribution in [1.29, 1.82) is 0 Å². The molecule has 0 saturated carbocycles. The summed E-state index contributed by atoms with van der Waals surface area (Å²) >= 11 is -2.14. The van der Waals surface area contributed by atoms with Crippen molar-refractivity contribution < 1.29 is 30.0 Å². The molecule has 0 spiro atoms. The van der Waals surface area contributed by atoms with Gasteiger partial charge < -0.3 is 8.98 Å². The largest absolute Gasteiger partial charge is 0.500 e. The number of hydrogen-bond donors (Lipinski definition) is 0. The summed E-state index contributed by atoms with van der Waals surface area (Å²) in [6.07, 6.45) is 1.91. The molecule has 0 N–H and O–H groups in total. The van der Waals surface area contributed by atoms with Gasteiger partial charge in [0.05, 0.1) is 22.4 Å². The van der Waals surface area contributed by atoms with Gasteiger partial charge in [-0.2, -0.15) is 0 Å². The van der Waals surface area contributed by atoms with Crippen molar-refractivity contribution in [2.24, 2.45) is 0 Å². The normalized spacial score (nSPS) is 13.2. The molecule has 265 valence electrons. The van der Waals surface area contributed by atoms with E-state index in [9.17, 15) is 0 Å². The Morgan fingerprint density at radius 3 is 2.30 bits per heavy atom. The van der Waals surface area contributed by atoms with Gasteiger partial charge in [-0.15, -0.1) is 18.2 Å². The Kier molecular flexibility index (Phi) is 8.91. The van der Waals surface area contributed by atoms with Crippen LogP contribution in [-0.4, -0.2) is 27.8 Å². The molecule has 6 aromatic carbocycles. The molecule has 0 fully saturated rings. The van der Waals surface area contributed by atoms with E-state index in [0.717, 1.165) is 72.3 Å². The number of aromatic nitrogens is 3. The molecule has 6 heteroatoms. The third-order valence-corrected chi connectivity index (χ3v) is 13.7. The first-order chi connectivity index (χ1) is 26.7. The van der Waals surface area contributed by atoms with Gasteiger partial charge in [-0.05, 0) is 29.7 Å². The number of pyridine rings is 1. The molecule has 4 nitrogen and oxygen atoms in total. The monoisotopic (exact) mass is 934 g/mol. The molecule has 53 heavy (non-hydrogen) atoms. The Morgan fingerprint density at radius 1 is 0.792 bits per heavy atom. The zero-order valence-electron chi connectivity index (χ0n) is 34.3. The van der Waals surface area contributed by atoms with Crippen LogP contribution >= 0.6 is 0 Å². The molecule has 0 amide bonds. The molecule has 1 radical (unpaired) electrons. The van der Waals surface area contributed by atoms with Crippen LogP contribution in [0.3, 0.4) is 0 Å². The van der Waals surface area contributed by atoms with Gasteiger partial charge in [0.25, 0.3) is 0 Å². The van der Waals surface area contributed by atoms with Gasteiger partial charge in [0.1, 0.15) is 5.58 Å². The maximum Gasteiger partial charge on any atom is 0.128 e. The fraction of sp³-hybridized carbons (Fsp3) is 0.149. The molecule has 3 heterocycles. The van der Waals surface area contributed by atoms with E-state index < -0.39 is 26.0 Å². The number of imidazole rings is 1. The van der Waals surface area contributed by atoms with Gasteiger partial charge >= 0.3 is 131 Å². The van der Waals surface area contributed by atoms with Crippen LogP contribution in [0.5, 0.6) is 0 Å². The maximum atomic E-state index is 8.49. The van der Waals surface area contributed by atoms with Crippen LogP contribution in [0.15, 0.2) is 138 Å². The second kappa shape index (κ2) is 14.9. The molecule has 0 bridgehead atoms.